The van der Waals surface area contributed by atoms with Crippen LogP contribution in [-0.4, -0.2) is 0 Å². The van der Waals surface area contributed by atoms with Gasteiger partial charge >= 0.3 is 0 Å². The highest BCUT2D eigenvalue weighted by atomic mass is 35.5. The predicted octanol–water partition coefficient (Wildman–Crippen LogP) is 3.75. The van der Waals surface area contributed by atoms with Crippen molar-refractivity contribution >= 4 is 28.9 Å². The molecule has 0 saturated carbocycles. The third-order valence-corrected chi connectivity index (χ3v) is 2.52. The van der Waals surface area contributed by atoms with Gasteiger partial charge in [-0.15, -0.1) is 0 Å². The van der Waals surface area contributed by atoms with Crippen LogP contribution in [0.5, 0.6) is 5.75 Å². The highest BCUT2D eigenvalue weighted by molar-refractivity contribution is 6.37. The normalized spacial score (nSPS) is 10.4. The van der Waals surface area contributed by atoms with Crippen molar-refractivity contribution in [3.05, 3.63) is 46.3 Å². The second-order valence-electron chi connectivity index (χ2n) is 3.18. The van der Waals surface area contributed by atoms with E-state index >= 15 is 0 Å². The minimum Gasteiger partial charge on any atom is -0.483 e. The van der Waals surface area contributed by atoms with Gasteiger partial charge in [0.05, 0.1) is 16.3 Å². The molecule has 0 amide bonds. The summed E-state index contributed by atoms with van der Waals surface area (Å²) < 4.78 is 10.6. The van der Waals surface area contributed by atoms with Crippen molar-refractivity contribution in [3.8, 4) is 5.75 Å². The monoisotopic (exact) mass is 257 g/mol. The predicted molar refractivity (Wildman–Crippen MR) is 63.9 cm³/mol. The number of nitrogen functional groups attached to an aromatic ring is 1. The summed E-state index contributed by atoms with van der Waals surface area (Å²) in [6.07, 6.45) is 1.57. The minimum atomic E-state index is 0.274. The van der Waals surface area contributed by atoms with Gasteiger partial charge < -0.3 is 14.9 Å². The van der Waals surface area contributed by atoms with Crippen molar-refractivity contribution < 1.29 is 9.15 Å². The lowest BCUT2D eigenvalue weighted by Gasteiger charge is -2.09. The fraction of sp³-hybridized carbons (Fsp3) is 0.0909. The Morgan fingerprint density at radius 1 is 1.25 bits per heavy atom. The third-order valence-electron chi connectivity index (χ3n) is 1.96. The van der Waals surface area contributed by atoms with E-state index in [1.807, 2.05) is 0 Å². The van der Waals surface area contributed by atoms with Gasteiger partial charge in [-0.1, -0.05) is 23.2 Å². The number of rotatable bonds is 3. The van der Waals surface area contributed by atoms with E-state index in [2.05, 4.69) is 0 Å². The van der Waals surface area contributed by atoms with E-state index in [1.54, 1.807) is 30.5 Å². The second-order valence-corrected chi connectivity index (χ2v) is 4.00. The summed E-state index contributed by atoms with van der Waals surface area (Å²) in [5.41, 5.74) is 6.08. The Bertz CT molecular complexity index is 460. The molecule has 5 heteroatoms. The van der Waals surface area contributed by atoms with Crippen molar-refractivity contribution in [2.45, 2.75) is 6.61 Å². The summed E-state index contributed by atoms with van der Waals surface area (Å²) >= 11 is 11.9. The average Bonchev–Trinajstić information content (AvgIpc) is 2.68. The van der Waals surface area contributed by atoms with Crippen LogP contribution in [-0.2, 0) is 6.61 Å². The minimum absolute atomic E-state index is 0.274. The number of halogens is 2. The molecule has 0 saturated heterocycles. The van der Waals surface area contributed by atoms with Gasteiger partial charge in [-0.2, -0.15) is 0 Å². The summed E-state index contributed by atoms with van der Waals surface area (Å²) in [4.78, 5) is 0. The van der Waals surface area contributed by atoms with Gasteiger partial charge in [0.25, 0.3) is 0 Å². The molecule has 2 N–H and O–H groups in total. The molecule has 1 aromatic carbocycles. The Balaban J connectivity index is 2.15. The molecule has 0 radical (unpaired) electrons. The Morgan fingerprint density at radius 3 is 2.50 bits per heavy atom. The van der Waals surface area contributed by atoms with Crippen LogP contribution in [0, 0.1) is 0 Å². The number of anilines is 1. The zero-order chi connectivity index (χ0) is 11.5. The highest BCUT2D eigenvalue weighted by Crippen LogP contribution is 2.35. The molecule has 0 aliphatic heterocycles. The molecule has 1 heterocycles. The molecule has 84 valence electrons. The van der Waals surface area contributed by atoms with Crippen molar-refractivity contribution in [2.24, 2.45) is 0 Å². The van der Waals surface area contributed by atoms with E-state index < -0.39 is 0 Å². The number of furan rings is 1. The topological polar surface area (TPSA) is 48.4 Å². The molecule has 0 fully saturated rings. The van der Waals surface area contributed by atoms with Crippen LogP contribution in [0.25, 0.3) is 0 Å². The zero-order valence-electron chi connectivity index (χ0n) is 8.24. The van der Waals surface area contributed by atoms with Crippen molar-refractivity contribution in [1.82, 2.24) is 0 Å². The summed E-state index contributed by atoms with van der Waals surface area (Å²) in [5.74, 6) is 1.11. The Morgan fingerprint density at radius 2 is 1.94 bits per heavy atom. The van der Waals surface area contributed by atoms with Crippen LogP contribution in [0.15, 0.2) is 34.9 Å². The van der Waals surface area contributed by atoms with Gasteiger partial charge in [-0.25, -0.2) is 0 Å². The first-order valence-corrected chi connectivity index (χ1v) is 5.32. The average molecular weight is 258 g/mol. The van der Waals surface area contributed by atoms with Gasteiger partial charge in [-0.3, -0.25) is 0 Å². The SMILES string of the molecule is Nc1cc(Cl)c(OCc2ccco2)c(Cl)c1. The van der Waals surface area contributed by atoms with Gasteiger partial charge in [-0.05, 0) is 24.3 Å². The lowest BCUT2D eigenvalue weighted by Crippen LogP contribution is -1.96. The molecule has 0 aliphatic rings. The van der Waals surface area contributed by atoms with Crippen molar-refractivity contribution in [2.75, 3.05) is 5.73 Å². The molecule has 2 aromatic rings. The fourth-order valence-electron chi connectivity index (χ4n) is 1.26. The van der Waals surface area contributed by atoms with Crippen LogP contribution >= 0.6 is 23.2 Å². The van der Waals surface area contributed by atoms with Gasteiger partial charge in [0.15, 0.2) is 5.75 Å². The third kappa shape index (κ3) is 2.43. The molecule has 0 spiro atoms. The number of nitrogens with two attached hydrogens (primary N) is 1. The Hall–Kier alpha value is -1.32. The van der Waals surface area contributed by atoms with E-state index in [9.17, 15) is 0 Å². The van der Waals surface area contributed by atoms with Gasteiger partial charge in [0.1, 0.15) is 12.4 Å². The summed E-state index contributed by atoms with van der Waals surface area (Å²) in [5, 5.41) is 0.771. The van der Waals surface area contributed by atoms with E-state index in [0.29, 0.717) is 27.2 Å². The summed E-state index contributed by atoms with van der Waals surface area (Å²) in [7, 11) is 0. The molecule has 0 atom stereocenters. The maximum atomic E-state index is 5.95. The summed E-state index contributed by atoms with van der Waals surface area (Å²) in [6, 6.07) is 6.76. The number of hydrogen-bond acceptors (Lipinski definition) is 3. The van der Waals surface area contributed by atoms with Crippen LogP contribution in [0.1, 0.15) is 5.76 Å². The van der Waals surface area contributed by atoms with Crippen LogP contribution in [0.4, 0.5) is 5.69 Å². The van der Waals surface area contributed by atoms with Gasteiger partial charge in [0.2, 0.25) is 0 Å². The Kier molecular flexibility index (Phi) is 3.27. The fourth-order valence-corrected chi connectivity index (χ4v) is 1.87. The molecule has 16 heavy (non-hydrogen) atoms. The first-order chi connectivity index (χ1) is 7.66. The summed E-state index contributed by atoms with van der Waals surface area (Å²) in [6.45, 7) is 0.274. The molecule has 2 rings (SSSR count). The molecule has 0 aliphatic carbocycles. The molecule has 0 unspecified atom stereocenters. The van der Waals surface area contributed by atoms with E-state index in [0.717, 1.165) is 0 Å². The lowest BCUT2D eigenvalue weighted by atomic mass is 10.3. The molecule has 3 nitrogen and oxygen atoms in total. The number of benzene rings is 1. The highest BCUT2D eigenvalue weighted by Gasteiger charge is 2.09. The largest absolute Gasteiger partial charge is 0.483 e. The maximum absolute atomic E-state index is 5.95. The van der Waals surface area contributed by atoms with E-state index in [1.165, 1.54) is 0 Å². The smallest absolute Gasteiger partial charge is 0.157 e. The van der Waals surface area contributed by atoms with Gasteiger partial charge in [0, 0.05) is 5.69 Å². The van der Waals surface area contributed by atoms with Crippen molar-refractivity contribution in [3.63, 3.8) is 0 Å². The second kappa shape index (κ2) is 4.68. The molecule has 0 bridgehead atoms. The molecular weight excluding hydrogens is 249 g/mol. The quantitative estimate of drug-likeness (QED) is 0.853. The standard InChI is InChI=1S/C11H9Cl2NO2/c12-9-4-7(14)5-10(13)11(9)16-6-8-2-1-3-15-8/h1-5H,6,14H2. The van der Waals surface area contributed by atoms with E-state index in [4.69, 9.17) is 38.1 Å². The first kappa shape index (κ1) is 11.2. The molecular formula is C11H9Cl2NO2. The maximum Gasteiger partial charge on any atom is 0.157 e. The van der Waals surface area contributed by atoms with Crippen LogP contribution < -0.4 is 10.5 Å². The van der Waals surface area contributed by atoms with E-state index in [-0.39, 0.29) is 6.61 Å². The Labute approximate surface area is 103 Å². The molecule has 1 aromatic heterocycles. The van der Waals surface area contributed by atoms with Crippen molar-refractivity contribution in [1.29, 1.82) is 0 Å². The lowest BCUT2D eigenvalue weighted by molar-refractivity contribution is 0.270. The van der Waals surface area contributed by atoms with Crippen LogP contribution in [0.3, 0.4) is 0 Å². The van der Waals surface area contributed by atoms with Crippen LogP contribution in [0.2, 0.25) is 10.0 Å². The zero-order valence-corrected chi connectivity index (χ0v) is 9.76. The first-order valence-electron chi connectivity index (χ1n) is 4.56. The number of hydrogen-bond donors (Lipinski definition) is 1. The number of ether oxygens (including phenoxy) is 1.